The summed E-state index contributed by atoms with van der Waals surface area (Å²) in [6.45, 7) is 6.23. The predicted molar refractivity (Wildman–Crippen MR) is 123 cm³/mol. The zero-order valence-electron chi connectivity index (χ0n) is 19.1. The molecule has 0 spiro atoms. The first-order valence-electron chi connectivity index (χ1n) is 11.2. The van der Waals surface area contributed by atoms with E-state index in [2.05, 4.69) is 17.4 Å². The van der Waals surface area contributed by atoms with Crippen molar-refractivity contribution in [3.63, 3.8) is 0 Å². The molecule has 166 valence electrons. The van der Waals surface area contributed by atoms with Crippen LogP contribution in [-0.2, 0) is 22.6 Å². The molecular formula is C26H34N2O3. The summed E-state index contributed by atoms with van der Waals surface area (Å²) in [6, 6.07) is 13.5. The molecule has 0 heterocycles. The molecule has 2 amide bonds. The molecule has 0 aliphatic heterocycles. The van der Waals surface area contributed by atoms with Gasteiger partial charge in [-0.3, -0.25) is 9.59 Å². The first kappa shape index (κ1) is 22.9. The third-order valence-corrected chi connectivity index (χ3v) is 6.20. The quantitative estimate of drug-likeness (QED) is 0.689. The van der Waals surface area contributed by atoms with Gasteiger partial charge in [-0.25, -0.2) is 0 Å². The van der Waals surface area contributed by atoms with Crippen LogP contribution >= 0.6 is 0 Å². The molecular weight excluding hydrogens is 388 g/mol. The number of nitrogens with zero attached hydrogens (tertiary/aromatic N) is 1. The van der Waals surface area contributed by atoms with Gasteiger partial charge in [0, 0.05) is 12.6 Å². The highest BCUT2D eigenvalue weighted by atomic mass is 16.5. The summed E-state index contributed by atoms with van der Waals surface area (Å²) >= 11 is 0. The van der Waals surface area contributed by atoms with Gasteiger partial charge in [0.1, 0.15) is 11.8 Å². The van der Waals surface area contributed by atoms with Crippen LogP contribution in [0.3, 0.4) is 0 Å². The maximum Gasteiger partial charge on any atom is 0.242 e. The minimum Gasteiger partial charge on any atom is -0.497 e. The van der Waals surface area contributed by atoms with Crippen LogP contribution in [-0.4, -0.2) is 35.9 Å². The van der Waals surface area contributed by atoms with E-state index < -0.39 is 6.04 Å². The van der Waals surface area contributed by atoms with E-state index in [4.69, 9.17) is 4.74 Å². The minimum absolute atomic E-state index is 0.0504. The zero-order chi connectivity index (χ0) is 22.4. The van der Waals surface area contributed by atoms with Crippen molar-refractivity contribution in [2.24, 2.45) is 0 Å². The molecule has 1 aliphatic rings. The monoisotopic (exact) mass is 422 g/mol. The van der Waals surface area contributed by atoms with Crippen LogP contribution in [0.5, 0.6) is 5.75 Å². The number of carbonyl (C=O) groups excluding carboxylic acids is 2. The number of amides is 2. The number of methoxy groups -OCH3 is 1. The van der Waals surface area contributed by atoms with Gasteiger partial charge in [0.15, 0.2) is 0 Å². The summed E-state index contributed by atoms with van der Waals surface area (Å²) in [6.07, 6.45) is 4.62. The average molecular weight is 423 g/mol. The van der Waals surface area contributed by atoms with Gasteiger partial charge in [0.2, 0.25) is 11.8 Å². The lowest BCUT2D eigenvalue weighted by atomic mass is 10.0. The molecule has 31 heavy (non-hydrogen) atoms. The zero-order valence-corrected chi connectivity index (χ0v) is 19.1. The number of rotatable bonds is 8. The number of aryl methyl sites for hydroxylation is 2. The van der Waals surface area contributed by atoms with Crippen molar-refractivity contribution in [2.45, 2.75) is 71.5 Å². The maximum absolute atomic E-state index is 13.4. The van der Waals surface area contributed by atoms with E-state index in [9.17, 15) is 9.59 Å². The lowest BCUT2D eigenvalue weighted by Crippen LogP contribution is -2.50. The molecule has 2 aromatic rings. The molecule has 1 unspecified atom stereocenters. The van der Waals surface area contributed by atoms with Crippen molar-refractivity contribution >= 4 is 11.8 Å². The Kier molecular flexibility index (Phi) is 7.72. The van der Waals surface area contributed by atoms with Crippen molar-refractivity contribution in [1.29, 1.82) is 0 Å². The molecule has 0 aromatic heterocycles. The highest BCUT2D eigenvalue weighted by Crippen LogP contribution is 2.20. The van der Waals surface area contributed by atoms with Crippen LogP contribution in [0.1, 0.15) is 54.9 Å². The molecule has 3 rings (SSSR count). The Hall–Kier alpha value is -2.82. The van der Waals surface area contributed by atoms with Gasteiger partial charge in [-0.1, -0.05) is 48.7 Å². The SMILES string of the molecule is COc1cccc(CN(C(=O)Cc2cc(C)ccc2C)C(C)C(=O)NC2CCCC2)c1. The summed E-state index contributed by atoms with van der Waals surface area (Å²) in [5.41, 5.74) is 4.15. The number of hydrogen-bond acceptors (Lipinski definition) is 3. The number of hydrogen-bond donors (Lipinski definition) is 1. The van der Waals surface area contributed by atoms with E-state index in [1.807, 2.05) is 51.1 Å². The normalized spacial score (nSPS) is 14.8. The second kappa shape index (κ2) is 10.5. The van der Waals surface area contributed by atoms with Crippen LogP contribution in [0.25, 0.3) is 0 Å². The van der Waals surface area contributed by atoms with Crippen LogP contribution in [0.15, 0.2) is 42.5 Å². The fraction of sp³-hybridized carbons (Fsp3) is 0.462. The van der Waals surface area contributed by atoms with Crippen LogP contribution in [0.4, 0.5) is 0 Å². The van der Waals surface area contributed by atoms with E-state index in [1.54, 1.807) is 12.0 Å². The van der Waals surface area contributed by atoms with Crippen molar-refractivity contribution < 1.29 is 14.3 Å². The van der Waals surface area contributed by atoms with Crippen molar-refractivity contribution in [2.75, 3.05) is 7.11 Å². The van der Waals surface area contributed by atoms with Gasteiger partial charge in [-0.15, -0.1) is 0 Å². The Morgan fingerprint density at radius 2 is 1.87 bits per heavy atom. The largest absolute Gasteiger partial charge is 0.497 e. The minimum atomic E-state index is -0.551. The fourth-order valence-corrected chi connectivity index (χ4v) is 4.20. The Morgan fingerprint density at radius 1 is 1.13 bits per heavy atom. The molecule has 0 saturated heterocycles. The van der Waals surface area contributed by atoms with Crippen molar-refractivity contribution in [1.82, 2.24) is 10.2 Å². The smallest absolute Gasteiger partial charge is 0.242 e. The summed E-state index contributed by atoms with van der Waals surface area (Å²) in [4.78, 5) is 28.1. The van der Waals surface area contributed by atoms with E-state index in [0.29, 0.717) is 6.54 Å². The molecule has 5 nitrogen and oxygen atoms in total. The molecule has 1 atom stereocenters. The second-order valence-corrected chi connectivity index (χ2v) is 8.65. The van der Waals surface area contributed by atoms with E-state index in [1.165, 1.54) is 0 Å². The van der Waals surface area contributed by atoms with Crippen LogP contribution in [0, 0.1) is 13.8 Å². The number of nitrogens with one attached hydrogen (secondary N) is 1. The molecule has 0 bridgehead atoms. The summed E-state index contributed by atoms with van der Waals surface area (Å²) < 4.78 is 5.34. The first-order chi connectivity index (χ1) is 14.9. The molecule has 1 fully saturated rings. The lowest BCUT2D eigenvalue weighted by Gasteiger charge is -2.30. The van der Waals surface area contributed by atoms with E-state index in [-0.39, 0.29) is 24.3 Å². The van der Waals surface area contributed by atoms with Gasteiger partial charge in [0.25, 0.3) is 0 Å². The maximum atomic E-state index is 13.4. The number of carbonyl (C=O) groups is 2. The van der Waals surface area contributed by atoms with Gasteiger partial charge >= 0.3 is 0 Å². The Bertz CT molecular complexity index is 919. The van der Waals surface area contributed by atoms with Crippen molar-refractivity contribution in [3.8, 4) is 5.75 Å². The Morgan fingerprint density at radius 3 is 2.58 bits per heavy atom. The standard InChI is InChI=1S/C26H34N2O3/c1-18-12-13-19(2)22(14-18)16-25(29)28(17-21-8-7-11-24(15-21)31-4)20(3)26(30)27-23-9-5-6-10-23/h7-8,11-15,20,23H,5-6,9-10,16-17H2,1-4H3,(H,27,30). The van der Waals surface area contributed by atoms with E-state index in [0.717, 1.165) is 53.7 Å². The molecule has 5 heteroatoms. The average Bonchev–Trinajstić information content (AvgIpc) is 3.27. The fourth-order valence-electron chi connectivity index (χ4n) is 4.20. The second-order valence-electron chi connectivity index (χ2n) is 8.65. The van der Waals surface area contributed by atoms with Gasteiger partial charge in [-0.2, -0.15) is 0 Å². The predicted octanol–water partition coefficient (Wildman–Crippen LogP) is 4.33. The first-order valence-corrected chi connectivity index (χ1v) is 11.2. The highest BCUT2D eigenvalue weighted by Gasteiger charge is 2.28. The number of ether oxygens (including phenoxy) is 1. The summed E-state index contributed by atoms with van der Waals surface area (Å²) in [5, 5.41) is 3.15. The molecule has 1 N–H and O–H groups in total. The lowest BCUT2D eigenvalue weighted by molar-refractivity contribution is -0.140. The van der Waals surface area contributed by atoms with Crippen LogP contribution < -0.4 is 10.1 Å². The topological polar surface area (TPSA) is 58.6 Å². The Labute approximate surface area is 185 Å². The van der Waals surface area contributed by atoms with Gasteiger partial charge in [0.05, 0.1) is 13.5 Å². The molecule has 1 saturated carbocycles. The third-order valence-electron chi connectivity index (χ3n) is 6.20. The third kappa shape index (κ3) is 6.09. The summed E-state index contributed by atoms with van der Waals surface area (Å²) in [7, 11) is 1.63. The Balaban J connectivity index is 1.81. The highest BCUT2D eigenvalue weighted by molar-refractivity contribution is 5.88. The number of benzene rings is 2. The van der Waals surface area contributed by atoms with Crippen molar-refractivity contribution in [3.05, 3.63) is 64.7 Å². The van der Waals surface area contributed by atoms with Crippen LogP contribution in [0.2, 0.25) is 0 Å². The van der Waals surface area contributed by atoms with Gasteiger partial charge < -0.3 is 15.0 Å². The molecule has 1 aliphatic carbocycles. The van der Waals surface area contributed by atoms with Gasteiger partial charge in [-0.05, 0) is 62.4 Å². The molecule has 0 radical (unpaired) electrons. The molecule has 2 aromatic carbocycles. The summed E-state index contributed by atoms with van der Waals surface area (Å²) in [5.74, 6) is 0.609. The van der Waals surface area contributed by atoms with E-state index >= 15 is 0 Å².